The topological polar surface area (TPSA) is 53.2 Å². The first-order valence-electron chi connectivity index (χ1n) is 7.44. The van der Waals surface area contributed by atoms with Crippen LogP contribution in [-0.2, 0) is 17.7 Å². The minimum atomic E-state index is 0.0252. The summed E-state index contributed by atoms with van der Waals surface area (Å²) in [5.41, 5.74) is 2.38. The van der Waals surface area contributed by atoms with Crippen molar-refractivity contribution in [2.45, 2.75) is 32.4 Å². The standard InChI is InChI=1S/C14H22N4OS/c1-2-5-18-6-7-19-12(9-18)13-16-11-3-4-15-8-10(11)14(20)17-13/h12,15H,2-9H2,1H3,(H,16,17,20). The Bertz CT molecular complexity index is 528. The van der Waals surface area contributed by atoms with Gasteiger partial charge in [-0.05, 0) is 13.0 Å². The second kappa shape index (κ2) is 6.30. The minimum Gasteiger partial charge on any atom is -0.368 e. The van der Waals surface area contributed by atoms with Crippen LogP contribution >= 0.6 is 12.2 Å². The van der Waals surface area contributed by atoms with Crippen LogP contribution < -0.4 is 5.32 Å². The Morgan fingerprint density at radius 1 is 1.50 bits per heavy atom. The lowest BCUT2D eigenvalue weighted by Crippen LogP contribution is -2.39. The fraction of sp³-hybridized carbons (Fsp3) is 0.714. The summed E-state index contributed by atoms with van der Waals surface area (Å²) in [7, 11) is 0. The van der Waals surface area contributed by atoms with Gasteiger partial charge < -0.3 is 15.0 Å². The van der Waals surface area contributed by atoms with Gasteiger partial charge in [-0.1, -0.05) is 19.1 Å². The molecule has 0 amide bonds. The van der Waals surface area contributed by atoms with Crippen LogP contribution in [0.3, 0.4) is 0 Å². The minimum absolute atomic E-state index is 0.0252. The molecule has 2 aliphatic heterocycles. The lowest BCUT2D eigenvalue weighted by molar-refractivity contribution is -0.0344. The van der Waals surface area contributed by atoms with E-state index in [-0.39, 0.29) is 6.10 Å². The van der Waals surface area contributed by atoms with Crippen LogP contribution in [0, 0.1) is 4.64 Å². The number of aromatic amines is 1. The average molecular weight is 294 g/mol. The van der Waals surface area contributed by atoms with Crippen molar-refractivity contribution in [2.24, 2.45) is 0 Å². The molecule has 2 aliphatic rings. The summed E-state index contributed by atoms with van der Waals surface area (Å²) in [5, 5.41) is 3.34. The monoisotopic (exact) mass is 294 g/mol. The Labute approximate surface area is 124 Å². The molecule has 1 atom stereocenters. The lowest BCUT2D eigenvalue weighted by Gasteiger charge is -2.32. The third kappa shape index (κ3) is 2.93. The Morgan fingerprint density at radius 3 is 3.25 bits per heavy atom. The van der Waals surface area contributed by atoms with Gasteiger partial charge in [-0.2, -0.15) is 0 Å². The van der Waals surface area contributed by atoms with E-state index in [0.717, 1.165) is 61.8 Å². The van der Waals surface area contributed by atoms with Crippen LogP contribution in [0.1, 0.15) is 36.5 Å². The zero-order valence-electron chi connectivity index (χ0n) is 11.9. The fourth-order valence-electron chi connectivity index (χ4n) is 2.93. The first-order valence-corrected chi connectivity index (χ1v) is 7.85. The second-order valence-corrected chi connectivity index (χ2v) is 5.86. The zero-order chi connectivity index (χ0) is 13.9. The maximum absolute atomic E-state index is 5.89. The predicted octanol–water partition coefficient (Wildman–Crippen LogP) is 1.57. The van der Waals surface area contributed by atoms with E-state index in [1.807, 2.05) is 0 Å². The van der Waals surface area contributed by atoms with Crippen LogP contribution in [0.2, 0.25) is 0 Å². The van der Waals surface area contributed by atoms with E-state index in [0.29, 0.717) is 0 Å². The number of H-pyrrole nitrogens is 1. The van der Waals surface area contributed by atoms with Crippen molar-refractivity contribution in [1.29, 1.82) is 0 Å². The summed E-state index contributed by atoms with van der Waals surface area (Å²) in [6.45, 7) is 7.84. The van der Waals surface area contributed by atoms with Gasteiger partial charge in [-0.25, -0.2) is 4.98 Å². The number of hydrogen-bond donors (Lipinski definition) is 2. The van der Waals surface area contributed by atoms with Gasteiger partial charge in [0.1, 0.15) is 16.6 Å². The van der Waals surface area contributed by atoms with Crippen molar-refractivity contribution in [3.63, 3.8) is 0 Å². The maximum Gasteiger partial charge on any atom is 0.138 e. The number of aromatic nitrogens is 2. The molecule has 0 aromatic carbocycles. The summed E-state index contributed by atoms with van der Waals surface area (Å²) in [5.74, 6) is 0.899. The number of hydrogen-bond acceptors (Lipinski definition) is 5. The molecule has 1 aromatic rings. The molecular formula is C14H22N4OS. The smallest absolute Gasteiger partial charge is 0.138 e. The molecule has 1 fully saturated rings. The summed E-state index contributed by atoms with van der Waals surface area (Å²) >= 11 is 5.44. The molecule has 0 bridgehead atoms. The molecule has 2 N–H and O–H groups in total. The highest BCUT2D eigenvalue weighted by atomic mass is 32.1. The Balaban J connectivity index is 1.83. The molecule has 0 aliphatic carbocycles. The second-order valence-electron chi connectivity index (χ2n) is 5.47. The maximum atomic E-state index is 5.89. The van der Waals surface area contributed by atoms with Gasteiger partial charge in [0, 0.05) is 43.9 Å². The van der Waals surface area contributed by atoms with Gasteiger partial charge in [-0.3, -0.25) is 4.90 Å². The normalized spacial score (nSPS) is 23.6. The van der Waals surface area contributed by atoms with Crippen molar-refractivity contribution in [3.8, 4) is 0 Å². The van der Waals surface area contributed by atoms with Crippen LogP contribution in [0.15, 0.2) is 0 Å². The van der Waals surface area contributed by atoms with Crippen molar-refractivity contribution >= 4 is 12.2 Å². The Morgan fingerprint density at radius 2 is 2.40 bits per heavy atom. The van der Waals surface area contributed by atoms with E-state index < -0.39 is 0 Å². The quantitative estimate of drug-likeness (QED) is 0.829. The summed E-state index contributed by atoms with van der Waals surface area (Å²) in [4.78, 5) is 10.5. The van der Waals surface area contributed by atoms with Crippen LogP contribution in [0.4, 0.5) is 0 Å². The van der Waals surface area contributed by atoms with E-state index in [2.05, 4.69) is 27.1 Å². The molecule has 20 heavy (non-hydrogen) atoms. The molecule has 0 spiro atoms. The molecule has 3 rings (SSSR count). The van der Waals surface area contributed by atoms with Gasteiger partial charge in [0.2, 0.25) is 0 Å². The number of rotatable bonds is 3. The van der Waals surface area contributed by atoms with Gasteiger partial charge in [0.15, 0.2) is 0 Å². The Kier molecular flexibility index (Phi) is 4.45. The number of nitrogens with one attached hydrogen (secondary N) is 2. The van der Waals surface area contributed by atoms with Gasteiger partial charge in [0.25, 0.3) is 0 Å². The lowest BCUT2D eigenvalue weighted by atomic mass is 10.1. The zero-order valence-corrected chi connectivity index (χ0v) is 12.8. The number of fused-ring (bicyclic) bond motifs is 1. The van der Waals surface area contributed by atoms with Crippen LogP contribution in [0.5, 0.6) is 0 Å². The first-order chi connectivity index (χ1) is 9.78. The summed E-state index contributed by atoms with van der Waals surface area (Å²) in [6, 6.07) is 0. The summed E-state index contributed by atoms with van der Waals surface area (Å²) < 4.78 is 6.61. The van der Waals surface area contributed by atoms with Crippen molar-refractivity contribution in [3.05, 3.63) is 21.7 Å². The SMILES string of the molecule is CCCN1CCOC(c2nc(=S)c3c([nH]2)CCNC3)C1. The van der Waals surface area contributed by atoms with E-state index in [4.69, 9.17) is 17.0 Å². The van der Waals surface area contributed by atoms with Crippen molar-refractivity contribution in [1.82, 2.24) is 20.2 Å². The largest absolute Gasteiger partial charge is 0.368 e. The van der Waals surface area contributed by atoms with E-state index in [1.54, 1.807) is 0 Å². The molecule has 5 nitrogen and oxygen atoms in total. The van der Waals surface area contributed by atoms with Gasteiger partial charge in [-0.15, -0.1) is 0 Å². The molecule has 3 heterocycles. The molecule has 1 unspecified atom stereocenters. The third-order valence-electron chi connectivity index (χ3n) is 3.97. The van der Waals surface area contributed by atoms with E-state index in [9.17, 15) is 0 Å². The highest BCUT2D eigenvalue weighted by Gasteiger charge is 2.24. The first kappa shape index (κ1) is 14.1. The van der Waals surface area contributed by atoms with E-state index >= 15 is 0 Å². The van der Waals surface area contributed by atoms with Crippen LogP contribution in [-0.4, -0.2) is 47.7 Å². The molecular weight excluding hydrogens is 272 g/mol. The van der Waals surface area contributed by atoms with Crippen molar-refractivity contribution < 1.29 is 4.74 Å². The fourth-order valence-corrected chi connectivity index (χ4v) is 3.22. The molecule has 110 valence electrons. The van der Waals surface area contributed by atoms with Crippen LogP contribution in [0.25, 0.3) is 0 Å². The molecule has 1 saturated heterocycles. The highest BCUT2D eigenvalue weighted by molar-refractivity contribution is 7.71. The summed E-state index contributed by atoms with van der Waals surface area (Å²) in [6.07, 6.45) is 2.18. The molecule has 0 radical (unpaired) electrons. The molecule has 6 heteroatoms. The Hall–Kier alpha value is -0.820. The molecule has 1 aromatic heterocycles. The average Bonchev–Trinajstić information content (AvgIpc) is 2.48. The number of ether oxygens (including phenoxy) is 1. The van der Waals surface area contributed by atoms with Crippen molar-refractivity contribution in [2.75, 3.05) is 32.8 Å². The molecule has 0 saturated carbocycles. The third-order valence-corrected chi connectivity index (χ3v) is 4.31. The predicted molar refractivity (Wildman–Crippen MR) is 80.3 cm³/mol. The van der Waals surface area contributed by atoms with E-state index in [1.165, 1.54) is 12.1 Å². The van der Waals surface area contributed by atoms with Gasteiger partial charge >= 0.3 is 0 Å². The highest BCUT2D eigenvalue weighted by Crippen LogP contribution is 2.22. The number of morpholine rings is 1. The number of nitrogens with zero attached hydrogens (tertiary/aromatic N) is 2. The van der Waals surface area contributed by atoms with Gasteiger partial charge in [0.05, 0.1) is 6.61 Å².